The van der Waals surface area contributed by atoms with Crippen LogP contribution >= 0.6 is 0 Å². The highest BCUT2D eigenvalue weighted by atomic mass is 16.5. The van der Waals surface area contributed by atoms with Gasteiger partial charge in [0.2, 0.25) is 0 Å². The molecule has 0 radical (unpaired) electrons. The summed E-state index contributed by atoms with van der Waals surface area (Å²) >= 11 is 0. The largest absolute Gasteiger partial charge is 0.491 e. The molecule has 3 rings (SSSR count). The number of nitrogens with one attached hydrogen (secondary N) is 1. The molecule has 25 heavy (non-hydrogen) atoms. The van der Waals surface area contributed by atoms with Gasteiger partial charge in [0.05, 0.1) is 25.2 Å². The molecule has 128 valence electrons. The van der Waals surface area contributed by atoms with Crippen molar-refractivity contribution in [2.45, 2.75) is 20.8 Å². The average Bonchev–Trinajstić information content (AvgIpc) is 3.19. The van der Waals surface area contributed by atoms with Gasteiger partial charge in [-0.15, -0.1) is 5.10 Å². The third kappa shape index (κ3) is 3.58. The Morgan fingerprint density at radius 1 is 1.36 bits per heavy atom. The van der Waals surface area contributed by atoms with Crippen LogP contribution in [0.4, 0.5) is 0 Å². The SMILES string of the molecule is CC(C)(C)COc1ccc(-n2[nH]cc(-n3cc(C#N)nn3)c2=O)nc1. The number of H-pyrrole nitrogens is 1. The zero-order chi connectivity index (χ0) is 18.0. The molecule has 0 saturated carbocycles. The molecule has 0 atom stereocenters. The molecule has 0 aliphatic heterocycles. The lowest BCUT2D eigenvalue weighted by atomic mass is 9.99. The molecular formula is C16H17N7O2. The molecule has 1 N–H and O–H groups in total. The summed E-state index contributed by atoms with van der Waals surface area (Å²) in [7, 11) is 0. The molecule has 9 heteroatoms. The predicted octanol–water partition coefficient (Wildman–Crippen LogP) is 1.44. The molecule has 0 spiro atoms. The van der Waals surface area contributed by atoms with Crippen molar-refractivity contribution in [3.05, 3.63) is 46.8 Å². The van der Waals surface area contributed by atoms with Gasteiger partial charge in [-0.1, -0.05) is 26.0 Å². The van der Waals surface area contributed by atoms with Crippen molar-refractivity contribution >= 4 is 0 Å². The van der Waals surface area contributed by atoms with Crippen LogP contribution in [0.1, 0.15) is 26.5 Å². The van der Waals surface area contributed by atoms with Gasteiger partial charge in [0, 0.05) is 0 Å². The highest BCUT2D eigenvalue weighted by Crippen LogP contribution is 2.17. The summed E-state index contributed by atoms with van der Waals surface area (Å²) in [5, 5.41) is 19.0. The van der Waals surface area contributed by atoms with Gasteiger partial charge in [-0.2, -0.15) is 9.94 Å². The van der Waals surface area contributed by atoms with Crippen molar-refractivity contribution in [3.63, 3.8) is 0 Å². The first-order chi connectivity index (χ1) is 11.9. The molecule has 0 aliphatic rings. The topological polar surface area (TPSA) is 114 Å². The van der Waals surface area contributed by atoms with E-state index in [2.05, 4.69) is 41.2 Å². The molecular weight excluding hydrogens is 322 g/mol. The minimum Gasteiger partial charge on any atom is -0.491 e. The molecule has 0 aliphatic carbocycles. The maximum atomic E-state index is 12.5. The van der Waals surface area contributed by atoms with Crippen molar-refractivity contribution in [1.29, 1.82) is 5.26 Å². The van der Waals surface area contributed by atoms with Gasteiger partial charge in [-0.25, -0.2) is 9.67 Å². The van der Waals surface area contributed by atoms with E-state index in [1.807, 2.05) is 6.07 Å². The van der Waals surface area contributed by atoms with E-state index >= 15 is 0 Å². The third-order valence-electron chi connectivity index (χ3n) is 3.23. The van der Waals surface area contributed by atoms with Gasteiger partial charge in [-0.05, 0) is 17.5 Å². The zero-order valence-electron chi connectivity index (χ0n) is 14.1. The number of pyridine rings is 1. The van der Waals surface area contributed by atoms with E-state index in [4.69, 9.17) is 10.00 Å². The fourth-order valence-corrected chi connectivity index (χ4v) is 2.02. The Bertz CT molecular complexity index is 968. The van der Waals surface area contributed by atoms with Crippen LogP contribution in [-0.4, -0.2) is 36.4 Å². The Kier molecular flexibility index (Phi) is 4.10. The molecule has 3 aromatic rings. The van der Waals surface area contributed by atoms with Gasteiger partial charge >= 0.3 is 0 Å². The van der Waals surface area contributed by atoms with E-state index in [1.54, 1.807) is 18.3 Å². The van der Waals surface area contributed by atoms with E-state index < -0.39 is 0 Å². The first kappa shape index (κ1) is 16.4. The van der Waals surface area contributed by atoms with Crippen molar-refractivity contribution in [1.82, 2.24) is 29.8 Å². The van der Waals surface area contributed by atoms with Crippen LogP contribution in [0.25, 0.3) is 11.5 Å². The summed E-state index contributed by atoms with van der Waals surface area (Å²) in [6.45, 7) is 6.80. The number of nitriles is 1. The number of ether oxygens (including phenoxy) is 1. The quantitative estimate of drug-likeness (QED) is 0.769. The standard InChI is InChI=1S/C16H17N7O2/c1-16(2,3)10-25-12-4-5-14(18-7-12)23-15(24)13(8-19-23)22-9-11(6-17)20-21-22/h4-5,7-9,19H,10H2,1-3H3. The molecule has 0 fully saturated rings. The molecule has 0 aromatic carbocycles. The van der Waals surface area contributed by atoms with Crippen LogP contribution in [0.5, 0.6) is 5.75 Å². The van der Waals surface area contributed by atoms with Crippen molar-refractivity contribution in [2.75, 3.05) is 6.61 Å². The Morgan fingerprint density at radius 2 is 2.16 bits per heavy atom. The van der Waals surface area contributed by atoms with Crippen molar-refractivity contribution in [2.24, 2.45) is 5.41 Å². The van der Waals surface area contributed by atoms with E-state index in [-0.39, 0.29) is 22.4 Å². The number of aromatic nitrogens is 6. The first-order valence-corrected chi connectivity index (χ1v) is 7.60. The predicted molar refractivity (Wildman–Crippen MR) is 88.8 cm³/mol. The van der Waals surface area contributed by atoms with E-state index in [9.17, 15) is 4.79 Å². The lowest BCUT2D eigenvalue weighted by Gasteiger charge is -2.18. The van der Waals surface area contributed by atoms with E-state index in [0.717, 1.165) is 0 Å². The lowest BCUT2D eigenvalue weighted by molar-refractivity contribution is 0.197. The zero-order valence-corrected chi connectivity index (χ0v) is 14.1. The number of rotatable bonds is 4. The maximum Gasteiger partial charge on any atom is 0.298 e. The number of nitrogens with zero attached hydrogens (tertiary/aromatic N) is 6. The minimum atomic E-state index is -0.356. The molecule has 9 nitrogen and oxygen atoms in total. The van der Waals surface area contributed by atoms with Gasteiger partial charge in [-0.3, -0.25) is 9.89 Å². The Balaban J connectivity index is 1.83. The molecule has 0 saturated heterocycles. The molecule has 3 aromatic heterocycles. The number of aromatic amines is 1. The van der Waals surface area contributed by atoms with Crippen LogP contribution in [0.3, 0.4) is 0 Å². The monoisotopic (exact) mass is 339 g/mol. The summed E-state index contributed by atoms with van der Waals surface area (Å²) in [5.74, 6) is 1.05. The normalized spacial score (nSPS) is 11.3. The van der Waals surface area contributed by atoms with Gasteiger partial charge in [0.25, 0.3) is 5.56 Å². The van der Waals surface area contributed by atoms with Gasteiger partial charge in [0.15, 0.2) is 17.2 Å². The fraction of sp³-hybridized carbons (Fsp3) is 0.312. The molecule has 3 heterocycles. The second-order valence-electron chi connectivity index (χ2n) is 6.66. The Labute approximate surface area is 143 Å². The average molecular weight is 339 g/mol. The first-order valence-electron chi connectivity index (χ1n) is 7.60. The van der Waals surface area contributed by atoms with Gasteiger partial charge in [0.1, 0.15) is 11.8 Å². The summed E-state index contributed by atoms with van der Waals surface area (Å²) in [6, 6.07) is 5.30. The highest BCUT2D eigenvalue weighted by molar-refractivity contribution is 5.33. The number of hydrogen-bond acceptors (Lipinski definition) is 6. The van der Waals surface area contributed by atoms with Crippen LogP contribution < -0.4 is 10.3 Å². The Hall–Kier alpha value is -3.41. The van der Waals surface area contributed by atoms with Crippen molar-refractivity contribution in [3.8, 4) is 23.3 Å². The van der Waals surface area contributed by atoms with Crippen LogP contribution in [0.15, 0.2) is 35.5 Å². The Morgan fingerprint density at radius 3 is 2.76 bits per heavy atom. The second kappa shape index (κ2) is 6.24. The van der Waals surface area contributed by atoms with E-state index in [0.29, 0.717) is 18.2 Å². The summed E-state index contributed by atoms with van der Waals surface area (Å²) in [4.78, 5) is 16.7. The number of hydrogen-bond donors (Lipinski definition) is 1. The van der Waals surface area contributed by atoms with Gasteiger partial charge < -0.3 is 4.74 Å². The molecule has 0 amide bonds. The molecule has 0 bridgehead atoms. The lowest BCUT2D eigenvalue weighted by Crippen LogP contribution is -2.20. The summed E-state index contributed by atoms with van der Waals surface area (Å²) in [6.07, 6.45) is 4.42. The fourth-order valence-electron chi connectivity index (χ4n) is 2.02. The van der Waals surface area contributed by atoms with Crippen molar-refractivity contribution < 1.29 is 4.74 Å². The van der Waals surface area contributed by atoms with Crippen LogP contribution in [0.2, 0.25) is 0 Å². The summed E-state index contributed by atoms with van der Waals surface area (Å²) < 4.78 is 8.19. The van der Waals surface area contributed by atoms with Crippen LogP contribution in [-0.2, 0) is 0 Å². The second-order valence-corrected chi connectivity index (χ2v) is 6.66. The minimum absolute atomic E-state index is 0.0457. The maximum absolute atomic E-state index is 12.5. The van der Waals surface area contributed by atoms with E-state index in [1.165, 1.54) is 21.8 Å². The third-order valence-corrected chi connectivity index (χ3v) is 3.23. The van der Waals surface area contributed by atoms with Crippen LogP contribution in [0, 0.1) is 16.7 Å². The highest BCUT2D eigenvalue weighted by Gasteiger charge is 2.14. The molecule has 0 unspecified atom stereocenters. The smallest absolute Gasteiger partial charge is 0.298 e. The summed E-state index contributed by atoms with van der Waals surface area (Å²) in [5.41, 5.74) is 0.0593.